The lowest BCUT2D eigenvalue weighted by molar-refractivity contribution is -0.135. The normalized spacial score (nSPS) is 17.8. The van der Waals surface area contributed by atoms with Crippen LogP contribution in [0.1, 0.15) is 17.8 Å². The molecule has 1 aliphatic rings. The number of thiophene rings is 1. The van der Waals surface area contributed by atoms with Crippen molar-refractivity contribution in [1.29, 1.82) is 0 Å². The lowest BCUT2D eigenvalue weighted by Gasteiger charge is -2.34. The average Bonchev–Trinajstić information content (AvgIpc) is 3.32. The highest BCUT2D eigenvalue weighted by atomic mass is 32.1. The minimum atomic E-state index is 0.00219. The van der Waals surface area contributed by atoms with Crippen molar-refractivity contribution < 1.29 is 4.79 Å². The third-order valence-corrected chi connectivity index (χ3v) is 6.13. The van der Waals surface area contributed by atoms with E-state index in [0.29, 0.717) is 13.1 Å². The number of nitrogens with zero attached hydrogens (tertiary/aromatic N) is 5. The summed E-state index contributed by atoms with van der Waals surface area (Å²) in [5.74, 6) is 1.14. The number of thiazole rings is 1. The van der Waals surface area contributed by atoms with Crippen molar-refractivity contribution in [3.8, 4) is 0 Å². The molecule has 1 aliphatic heterocycles. The molecule has 3 aromatic rings. The number of anilines is 1. The minimum Gasteiger partial charge on any atom is -0.355 e. The Labute approximate surface area is 154 Å². The van der Waals surface area contributed by atoms with Crippen LogP contribution in [0, 0.1) is 5.92 Å². The van der Waals surface area contributed by atoms with Gasteiger partial charge in [0.25, 0.3) is 0 Å². The lowest BCUT2D eigenvalue weighted by atomic mass is 9.96. The summed E-state index contributed by atoms with van der Waals surface area (Å²) in [7, 11) is 1.87. The summed E-state index contributed by atoms with van der Waals surface area (Å²) in [6.07, 6.45) is 5.32. The molecule has 1 atom stereocenters. The van der Waals surface area contributed by atoms with E-state index in [-0.39, 0.29) is 11.8 Å². The third-order valence-electron chi connectivity index (χ3n) is 4.54. The van der Waals surface area contributed by atoms with Crippen molar-refractivity contribution in [3.63, 3.8) is 0 Å². The smallest absolute Gasteiger partial charge is 0.227 e. The first-order chi connectivity index (χ1) is 12.2. The Morgan fingerprint density at radius 1 is 1.32 bits per heavy atom. The van der Waals surface area contributed by atoms with Crippen molar-refractivity contribution >= 4 is 44.6 Å². The van der Waals surface area contributed by atoms with Crippen LogP contribution in [-0.4, -0.2) is 45.9 Å². The number of aromatic nitrogens is 3. The molecule has 0 aromatic carbocycles. The van der Waals surface area contributed by atoms with E-state index in [1.54, 1.807) is 40.1 Å². The van der Waals surface area contributed by atoms with Gasteiger partial charge in [-0.15, -0.1) is 22.7 Å². The zero-order valence-corrected chi connectivity index (χ0v) is 15.6. The zero-order chi connectivity index (χ0) is 17.2. The van der Waals surface area contributed by atoms with Gasteiger partial charge < -0.3 is 9.80 Å². The molecular weight excluding hydrogens is 354 g/mol. The second-order valence-electron chi connectivity index (χ2n) is 6.24. The maximum atomic E-state index is 12.9. The van der Waals surface area contributed by atoms with Gasteiger partial charge in [0, 0.05) is 31.7 Å². The molecule has 0 radical (unpaired) electrons. The molecule has 0 spiro atoms. The summed E-state index contributed by atoms with van der Waals surface area (Å²) in [5.41, 5.74) is 0. The molecule has 25 heavy (non-hydrogen) atoms. The van der Waals surface area contributed by atoms with Crippen LogP contribution >= 0.6 is 22.7 Å². The van der Waals surface area contributed by atoms with Crippen LogP contribution in [0.25, 0.3) is 10.2 Å². The zero-order valence-electron chi connectivity index (χ0n) is 14.0. The largest absolute Gasteiger partial charge is 0.355 e. The molecule has 1 fully saturated rings. The lowest BCUT2D eigenvalue weighted by Crippen LogP contribution is -2.43. The Morgan fingerprint density at radius 2 is 2.24 bits per heavy atom. The Balaban J connectivity index is 1.49. The summed E-state index contributed by atoms with van der Waals surface area (Å²) in [6, 6.07) is 2.06. The molecule has 1 unspecified atom stereocenters. The predicted molar refractivity (Wildman–Crippen MR) is 101 cm³/mol. The van der Waals surface area contributed by atoms with Crippen molar-refractivity contribution in [2.75, 3.05) is 25.0 Å². The quantitative estimate of drug-likeness (QED) is 0.703. The SMILES string of the molecule is CN(Cc1nccs1)C(=O)C1CCCN(c2ncnc3sccc23)C1. The monoisotopic (exact) mass is 373 g/mol. The highest BCUT2D eigenvalue weighted by Gasteiger charge is 2.29. The molecule has 8 heteroatoms. The van der Waals surface area contributed by atoms with Crippen LogP contribution in [0.3, 0.4) is 0 Å². The van der Waals surface area contributed by atoms with E-state index in [1.807, 2.05) is 17.8 Å². The molecule has 3 aromatic heterocycles. The average molecular weight is 374 g/mol. The van der Waals surface area contributed by atoms with Crippen LogP contribution in [0.15, 0.2) is 29.4 Å². The van der Waals surface area contributed by atoms with E-state index >= 15 is 0 Å². The van der Waals surface area contributed by atoms with Crippen LogP contribution in [0.4, 0.5) is 5.82 Å². The summed E-state index contributed by atoms with van der Waals surface area (Å²) < 4.78 is 0. The maximum Gasteiger partial charge on any atom is 0.227 e. The standard InChI is InChI=1S/C17H19N5OS2/c1-21(10-14-18-5-8-24-14)17(23)12-3-2-6-22(9-12)15-13-4-7-25-16(13)20-11-19-15/h4-5,7-8,11-12H,2-3,6,9-10H2,1H3. The summed E-state index contributed by atoms with van der Waals surface area (Å²) in [6.45, 7) is 2.22. The number of hydrogen-bond donors (Lipinski definition) is 0. The Kier molecular flexibility index (Phi) is 4.63. The van der Waals surface area contributed by atoms with Gasteiger partial charge >= 0.3 is 0 Å². The number of rotatable bonds is 4. The molecule has 0 bridgehead atoms. The second-order valence-corrected chi connectivity index (χ2v) is 8.12. The summed E-state index contributed by atoms with van der Waals surface area (Å²) >= 11 is 3.20. The van der Waals surface area contributed by atoms with Gasteiger partial charge in [-0.05, 0) is 24.3 Å². The fourth-order valence-corrected chi connectivity index (χ4v) is 4.72. The van der Waals surface area contributed by atoms with Gasteiger partial charge in [-0.3, -0.25) is 4.79 Å². The van der Waals surface area contributed by atoms with Gasteiger partial charge in [0.05, 0.1) is 17.8 Å². The molecule has 0 saturated carbocycles. The first-order valence-corrected chi connectivity index (χ1v) is 10.0. The van der Waals surface area contributed by atoms with Crippen molar-refractivity contribution in [1.82, 2.24) is 19.9 Å². The molecule has 4 heterocycles. The van der Waals surface area contributed by atoms with Crippen molar-refractivity contribution in [3.05, 3.63) is 34.4 Å². The third kappa shape index (κ3) is 3.36. The molecule has 130 valence electrons. The fraction of sp³-hybridized carbons (Fsp3) is 0.412. The number of fused-ring (bicyclic) bond motifs is 1. The Hall–Kier alpha value is -2.06. The number of piperidine rings is 1. The van der Waals surface area contributed by atoms with Gasteiger partial charge in [0.1, 0.15) is 22.0 Å². The molecule has 1 saturated heterocycles. The van der Waals surface area contributed by atoms with Crippen LogP contribution in [-0.2, 0) is 11.3 Å². The maximum absolute atomic E-state index is 12.9. The van der Waals surface area contributed by atoms with E-state index < -0.39 is 0 Å². The van der Waals surface area contributed by atoms with Gasteiger partial charge in [-0.1, -0.05) is 0 Å². The Morgan fingerprint density at radius 3 is 3.08 bits per heavy atom. The fourth-order valence-electron chi connectivity index (χ4n) is 3.32. The first kappa shape index (κ1) is 16.4. The van der Waals surface area contributed by atoms with Crippen LogP contribution in [0.5, 0.6) is 0 Å². The summed E-state index contributed by atoms with van der Waals surface area (Å²) in [4.78, 5) is 31.0. The number of hydrogen-bond acceptors (Lipinski definition) is 7. The second kappa shape index (κ2) is 7.05. The first-order valence-electron chi connectivity index (χ1n) is 8.29. The van der Waals surface area contributed by atoms with E-state index in [4.69, 9.17) is 0 Å². The summed E-state index contributed by atoms with van der Waals surface area (Å²) in [5, 5.41) is 6.03. The van der Waals surface area contributed by atoms with E-state index in [9.17, 15) is 4.79 Å². The molecule has 0 aliphatic carbocycles. The van der Waals surface area contributed by atoms with E-state index in [1.165, 1.54) is 0 Å². The Bertz CT molecular complexity index is 863. The van der Waals surface area contributed by atoms with Gasteiger partial charge in [0.15, 0.2) is 0 Å². The highest BCUT2D eigenvalue weighted by Crippen LogP contribution is 2.30. The molecular formula is C17H19N5OS2. The van der Waals surface area contributed by atoms with E-state index in [2.05, 4.69) is 25.9 Å². The van der Waals surface area contributed by atoms with Gasteiger partial charge in [-0.2, -0.15) is 0 Å². The van der Waals surface area contributed by atoms with Crippen molar-refractivity contribution in [2.45, 2.75) is 19.4 Å². The van der Waals surface area contributed by atoms with Crippen LogP contribution < -0.4 is 4.90 Å². The molecule has 6 nitrogen and oxygen atoms in total. The topological polar surface area (TPSA) is 62.2 Å². The molecule has 1 amide bonds. The van der Waals surface area contributed by atoms with Gasteiger partial charge in [-0.25, -0.2) is 15.0 Å². The number of carbonyl (C=O) groups is 1. The number of amides is 1. The van der Waals surface area contributed by atoms with E-state index in [0.717, 1.165) is 40.4 Å². The minimum absolute atomic E-state index is 0.00219. The van der Waals surface area contributed by atoms with Gasteiger partial charge in [0.2, 0.25) is 5.91 Å². The molecule has 4 rings (SSSR count). The van der Waals surface area contributed by atoms with Crippen LogP contribution in [0.2, 0.25) is 0 Å². The highest BCUT2D eigenvalue weighted by molar-refractivity contribution is 7.16. The molecule has 0 N–H and O–H groups in total. The predicted octanol–water partition coefficient (Wildman–Crippen LogP) is 3.02. The number of carbonyl (C=O) groups excluding carboxylic acids is 1. The van der Waals surface area contributed by atoms with Crippen molar-refractivity contribution in [2.24, 2.45) is 5.92 Å².